The van der Waals surface area contributed by atoms with E-state index in [1.54, 1.807) is 0 Å². The molecule has 368 valence electrons. The van der Waals surface area contributed by atoms with E-state index in [1.807, 2.05) is 115 Å². The second kappa shape index (κ2) is 26.7. The quantitative estimate of drug-likeness (QED) is 0.139. The van der Waals surface area contributed by atoms with Gasteiger partial charge in [-0.2, -0.15) is 0 Å². The number of hydrogen-bond acceptors (Lipinski definition) is 1. The van der Waals surface area contributed by atoms with Crippen molar-refractivity contribution in [3.05, 3.63) is 309 Å². The third-order valence-corrected chi connectivity index (χ3v) is 22.3. The number of benzene rings is 12. The van der Waals surface area contributed by atoms with Crippen LogP contribution in [0.1, 0.15) is 0 Å². The summed E-state index contributed by atoms with van der Waals surface area (Å²) in [5, 5.41) is 16.4. The largest absolute Gasteiger partial charge is 0.309 e. The van der Waals surface area contributed by atoms with Gasteiger partial charge in [0.25, 0.3) is 0 Å². The van der Waals surface area contributed by atoms with Crippen molar-refractivity contribution in [3.8, 4) is 0 Å². The molecule has 1 nitrogen and oxygen atoms in total. The molecule has 9 heteroatoms. The molecule has 0 bridgehead atoms. The van der Waals surface area contributed by atoms with Crippen LogP contribution in [0.25, 0.3) is 32.3 Å². The van der Waals surface area contributed by atoms with Crippen molar-refractivity contribution < 1.29 is 4.57 Å². The normalized spacial score (nSPS) is 11.0. The zero-order valence-electron chi connectivity index (χ0n) is 40.4. The minimum Gasteiger partial charge on any atom is -0.309 e. The average Bonchev–Trinajstić information content (AvgIpc) is 3.47. The van der Waals surface area contributed by atoms with Gasteiger partial charge < -0.3 is 4.57 Å². The summed E-state index contributed by atoms with van der Waals surface area (Å²) in [4.78, 5) is 0. The lowest BCUT2D eigenvalue weighted by Crippen LogP contribution is -2.24. The van der Waals surface area contributed by atoms with Crippen LogP contribution in [-0.2, 0) is 4.57 Å². The van der Waals surface area contributed by atoms with Gasteiger partial charge in [0, 0.05) is 33.8 Å². The molecule has 12 aromatic rings. The molecule has 0 saturated heterocycles. The lowest BCUT2D eigenvalue weighted by atomic mass is 10.1. The summed E-state index contributed by atoms with van der Waals surface area (Å²) in [5.74, 6) is 0. The maximum atomic E-state index is 14.3. The molecule has 0 saturated carbocycles. The standard InChI is InChI=1S/C22H16BrOP.C22H16BrP.C12H10ClP.C10H6Br2/c23-19-13-11-18-16-22(14-12-17(18)15-19)25(24,20-7-3-1-4-8-20)21-9-5-2-6-10-21;23-19-13-11-18-16-22(14-12-17(18)15-19)24(20-7-3-1-4-8-20)21-9-5-2-6-10-21;13-14(11-7-3-1-4-8-11)12-9-5-2-6-10-12;11-9-3-1-7-5-10(12)4-2-8(7)6-9/h1-16H;1-16H;1-10H;1-6H. The summed E-state index contributed by atoms with van der Waals surface area (Å²) >= 11 is 20.3. The average molecular weight is 1310 g/mol. The van der Waals surface area contributed by atoms with E-state index < -0.39 is 22.3 Å². The van der Waals surface area contributed by atoms with Crippen LogP contribution >= 0.6 is 97.3 Å². The van der Waals surface area contributed by atoms with E-state index >= 15 is 0 Å². The van der Waals surface area contributed by atoms with Gasteiger partial charge in [0.2, 0.25) is 0 Å². The Hall–Kier alpha value is -5.28. The Labute approximate surface area is 481 Å². The van der Waals surface area contributed by atoms with Gasteiger partial charge in [0.15, 0.2) is 7.14 Å². The minimum atomic E-state index is -2.90. The van der Waals surface area contributed by atoms with Crippen LogP contribution in [0.2, 0.25) is 0 Å². The summed E-state index contributed by atoms with van der Waals surface area (Å²) in [7, 11) is -4.14. The van der Waals surface area contributed by atoms with Gasteiger partial charge in [-0.3, -0.25) is 0 Å². The molecule has 0 aliphatic carbocycles. The van der Waals surface area contributed by atoms with Crippen molar-refractivity contribution in [2.45, 2.75) is 0 Å². The summed E-state index contributed by atoms with van der Waals surface area (Å²) in [6.45, 7) is 0. The molecule has 0 aliphatic heterocycles. The van der Waals surface area contributed by atoms with Gasteiger partial charge in [0.05, 0.1) is 7.27 Å². The summed E-state index contributed by atoms with van der Waals surface area (Å²) in [6.07, 6.45) is 0. The Bertz CT molecular complexity index is 3660. The summed E-state index contributed by atoms with van der Waals surface area (Å²) in [6, 6.07) is 99.7. The molecule has 0 fully saturated rings. The van der Waals surface area contributed by atoms with Crippen molar-refractivity contribution in [3.63, 3.8) is 0 Å². The van der Waals surface area contributed by atoms with Gasteiger partial charge >= 0.3 is 0 Å². The highest BCUT2D eigenvalue weighted by molar-refractivity contribution is 9.11. The third-order valence-electron chi connectivity index (χ3n) is 12.2. The SMILES string of the molecule is Brc1ccc2cc(Br)ccc2c1.Brc1ccc2cc(P(c3ccccc3)c3ccccc3)ccc2c1.ClP(c1ccccc1)c1ccccc1.O=P(c1ccccc1)(c1ccccc1)c1ccc2cc(Br)ccc2c1. The molecule has 0 unspecified atom stereocenters. The second-order valence-electron chi connectivity index (χ2n) is 17.2. The van der Waals surface area contributed by atoms with E-state index in [0.717, 1.165) is 44.6 Å². The summed E-state index contributed by atoms with van der Waals surface area (Å²) < 4.78 is 18.7. The first kappa shape index (κ1) is 54.5. The van der Waals surface area contributed by atoms with Gasteiger partial charge in [-0.05, 0) is 127 Å². The van der Waals surface area contributed by atoms with Crippen LogP contribution in [0.15, 0.2) is 309 Å². The molecule has 0 N–H and O–H groups in total. The predicted molar refractivity (Wildman–Crippen MR) is 346 cm³/mol. The zero-order chi connectivity index (χ0) is 52.0. The molecular formula is C66H48Br4ClOP3. The summed E-state index contributed by atoms with van der Waals surface area (Å²) in [5.41, 5.74) is 0. The lowest BCUT2D eigenvalue weighted by molar-refractivity contribution is 0.592. The molecule has 0 spiro atoms. The number of hydrogen-bond donors (Lipinski definition) is 0. The maximum Gasteiger partial charge on any atom is 0.171 e. The Kier molecular flexibility index (Phi) is 19.4. The highest BCUT2D eigenvalue weighted by Crippen LogP contribution is 2.43. The first-order valence-corrected chi connectivity index (χ1v) is 32.5. The van der Waals surface area contributed by atoms with Crippen molar-refractivity contribution in [2.24, 2.45) is 0 Å². The monoisotopic (exact) mass is 1300 g/mol. The minimum absolute atomic E-state index is 0.539. The van der Waals surface area contributed by atoms with Crippen molar-refractivity contribution in [1.29, 1.82) is 0 Å². The Morgan fingerprint density at radius 3 is 0.907 bits per heavy atom. The lowest BCUT2D eigenvalue weighted by Gasteiger charge is -2.20. The molecule has 12 aromatic carbocycles. The van der Waals surface area contributed by atoms with E-state index in [2.05, 4.69) is 240 Å². The molecular weight excluding hydrogens is 1260 g/mol. The second-order valence-corrected chi connectivity index (χ2v) is 28.5. The number of fused-ring (bicyclic) bond motifs is 3. The first-order chi connectivity index (χ1) is 36.6. The van der Waals surface area contributed by atoms with E-state index in [-0.39, 0.29) is 0 Å². The smallest absolute Gasteiger partial charge is 0.171 e. The van der Waals surface area contributed by atoms with Crippen LogP contribution in [0, 0.1) is 0 Å². The van der Waals surface area contributed by atoms with Crippen LogP contribution in [0.3, 0.4) is 0 Å². The number of halogens is 5. The number of rotatable bonds is 8. The van der Waals surface area contributed by atoms with Crippen LogP contribution < -0.4 is 42.4 Å². The highest BCUT2D eigenvalue weighted by atomic mass is 79.9. The molecule has 0 heterocycles. The molecule has 0 atom stereocenters. The molecule has 0 amide bonds. The Morgan fingerprint density at radius 2 is 0.547 bits per heavy atom. The predicted octanol–water partition coefficient (Wildman–Crippen LogP) is 18.2. The van der Waals surface area contributed by atoms with E-state index in [9.17, 15) is 4.57 Å². The fourth-order valence-electron chi connectivity index (χ4n) is 8.52. The van der Waals surface area contributed by atoms with Crippen molar-refractivity contribution in [2.75, 3.05) is 0 Å². The van der Waals surface area contributed by atoms with Crippen LogP contribution in [0.5, 0.6) is 0 Å². The van der Waals surface area contributed by atoms with Gasteiger partial charge in [0.1, 0.15) is 0 Å². The third kappa shape index (κ3) is 14.2. The fraction of sp³-hybridized carbons (Fsp3) is 0. The fourth-order valence-corrected chi connectivity index (χ4v) is 16.9. The van der Waals surface area contributed by atoms with E-state index in [4.69, 9.17) is 11.2 Å². The molecule has 0 aromatic heterocycles. The molecule has 12 rings (SSSR count). The van der Waals surface area contributed by atoms with Crippen molar-refractivity contribution in [1.82, 2.24) is 0 Å². The van der Waals surface area contributed by atoms with Crippen LogP contribution in [0.4, 0.5) is 0 Å². The van der Waals surface area contributed by atoms with E-state index in [0.29, 0.717) is 0 Å². The highest BCUT2D eigenvalue weighted by Gasteiger charge is 2.29. The zero-order valence-corrected chi connectivity index (χ0v) is 50.1. The van der Waals surface area contributed by atoms with Gasteiger partial charge in [-0.1, -0.05) is 305 Å². The first-order valence-electron chi connectivity index (χ1n) is 24.0. The topological polar surface area (TPSA) is 17.1 Å². The van der Waals surface area contributed by atoms with Crippen molar-refractivity contribution >= 4 is 172 Å². The van der Waals surface area contributed by atoms with Gasteiger partial charge in [-0.25, -0.2) is 0 Å². The van der Waals surface area contributed by atoms with Crippen LogP contribution in [-0.4, -0.2) is 0 Å². The molecule has 0 radical (unpaired) electrons. The van der Waals surface area contributed by atoms with E-state index in [1.165, 1.54) is 48.1 Å². The Balaban J connectivity index is 0.000000128. The molecule has 0 aliphatic rings. The maximum absolute atomic E-state index is 14.3. The Morgan fingerprint density at radius 1 is 0.267 bits per heavy atom. The molecule has 75 heavy (non-hydrogen) atoms. The van der Waals surface area contributed by atoms with Gasteiger partial charge in [-0.15, -0.1) is 0 Å².